The van der Waals surface area contributed by atoms with Crippen LogP contribution >= 0.6 is 0 Å². The number of β-amino-alcohol motifs (C(OH)–C–C–N with tert-alkyl or cyclic N) is 1. The monoisotopic (exact) mass is 306 g/mol. The molecule has 3 N–H and O–H groups in total. The van der Waals surface area contributed by atoms with Gasteiger partial charge in [-0.2, -0.15) is 0 Å². The van der Waals surface area contributed by atoms with Gasteiger partial charge in [0.05, 0.1) is 0 Å². The van der Waals surface area contributed by atoms with Crippen LogP contribution in [0.1, 0.15) is 25.3 Å². The lowest BCUT2D eigenvalue weighted by Crippen LogP contribution is -2.43. The number of rotatable bonds is 7. The van der Waals surface area contributed by atoms with Gasteiger partial charge in [0.1, 0.15) is 18.5 Å². The molecule has 0 bridgehead atoms. The van der Waals surface area contributed by atoms with Gasteiger partial charge in [0, 0.05) is 12.5 Å². The minimum absolute atomic E-state index is 0.0126. The zero-order valence-electron chi connectivity index (χ0n) is 13.2. The zero-order valence-corrected chi connectivity index (χ0v) is 13.2. The van der Waals surface area contributed by atoms with E-state index in [0.29, 0.717) is 6.54 Å². The van der Waals surface area contributed by atoms with Crippen LogP contribution in [-0.4, -0.2) is 48.3 Å². The Bertz CT molecular complexity index is 485. The van der Waals surface area contributed by atoms with E-state index in [9.17, 15) is 9.90 Å². The van der Waals surface area contributed by atoms with Crippen LogP contribution in [0.3, 0.4) is 0 Å². The van der Waals surface area contributed by atoms with Crippen molar-refractivity contribution in [2.45, 2.75) is 32.3 Å². The van der Waals surface area contributed by atoms with Crippen LogP contribution in [-0.2, 0) is 11.2 Å². The second-order valence-corrected chi connectivity index (χ2v) is 5.94. The van der Waals surface area contributed by atoms with Crippen molar-refractivity contribution in [1.82, 2.24) is 4.90 Å². The molecule has 5 nitrogen and oxygen atoms in total. The van der Waals surface area contributed by atoms with Gasteiger partial charge in [-0.25, -0.2) is 0 Å². The first kappa shape index (κ1) is 16.8. The van der Waals surface area contributed by atoms with Crippen molar-refractivity contribution in [3.8, 4) is 5.75 Å². The number of nitrogens with two attached hydrogens (primary N) is 1. The molecular weight excluding hydrogens is 280 g/mol. The Balaban J connectivity index is 1.72. The van der Waals surface area contributed by atoms with Crippen molar-refractivity contribution in [1.29, 1.82) is 0 Å². The molecule has 0 aliphatic carbocycles. The molecule has 2 rings (SSSR count). The standard InChI is InChI=1S/C17H26N2O3/c1-2-13-4-3-5-16(10-13)22-12-15(20)11-19-8-6-14(7-9-19)17(18)21/h3-5,10,14-15,20H,2,6-9,11-12H2,1H3,(H2,18,21)/t15-/m1/s1. The Morgan fingerprint density at radius 3 is 2.82 bits per heavy atom. The van der Waals surface area contributed by atoms with Gasteiger partial charge >= 0.3 is 0 Å². The SMILES string of the molecule is CCc1cccc(OC[C@H](O)CN2CCC(C(N)=O)CC2)c1. The third kappa shape index (κ3) is 5.00. The number of hydrogen-bond donors (Lipinski definition) is 2. The molecule has 0 saturated carbocycles. The molecule has 122 valence electrons. The van der Waals surface area contributed by atoms with Crippen molar-refractivity contribution in [2.75, 3.05) is 26.2 Å². The highest BCUT2D eigenvalue weighted by Gasteiger charge is 2.24. The van der Waals surface area contributed by atoms with E-state index < -0.39 is 6.10 Å². The second-order valence-electron chi connectivity index (χ2n) is 5.94. The van der Waals surface area contributed by atoms with Crippen molar-refractivity contribution in [3.63, 3.8) is 0 Å². The third-order valence-electron chi connectivity index (χ3n) is 4.21. The van der Waals surface area contributed by atoms with Gasteiger partial charge < -0.3 is 20.5 Å². The lowest BCUT2D eigenvalue weighted by Gasteiger charge is -2.31. The smallest absolute Gasteiger partial charge is 0.220 e. The molecule has 1 aliphatic heterocycles. The van der Waals surface area contributed by atoms with Gasteiger partial charge in [-0.3, -0.25) is 4.79 Å². The Labute approximate surface area is 132 Å². The molecule has 1 heterocycles. The van der Waals surface area contributed by atoms with Crippen molar-refractivity contribution in [3.05, 3.63) is 29.8 Å². The van der Waals surface area contributed by atoms with E-state index in [4.69, 9.17) is 10.5 Å². The van der Waals surface area contributed by atoms with E-state index in [-0.39, 0.29) is 18.4 Å². The lowest BCUT2D eigenvalue weighted by molar-refractivity contribution is -0.123. The van der Waals surface area contributed by atoms with E-state index in [1.807, 2.05) is 18.2 Å². The van der Waals surface area contributed by atoms with E-state index >= 15 is 0 Å². The number of primary amides is 1. The predicted octanol–water partition coefficient (Wildman–Crippen LogP) is 1.19. The summed E-state index contributed by atoms with van der Waals surface area (Å²) in [6.45, 7) is 4.55. The first-order valence-electron chi connectivity index (χ1n) is 8.00. The second kappa shape index (κ2) is 8.15. The molecule has 1 amide bonds. The summed E-state index contributed by atoms with van der Waals surface area (Å²) in [5, 5.41) is 10.1. The number of carbonyl (C=O) groups excluding carboxylic acids is 1. The van der Waals surface area contributed by atoms with Gasteiger partial charge in [0.2, 0.25) is 5.91 Å². The quantitative estimate of drug-likeness (QED) is 0.793. The number of piperidine rings is 1. The number of nitrogens with zero attached hydrogens (tertiary/aromatic N) is 1. The number of benzene rings is 1. The van der Waals surface area contributed by atoms with E-state index in [1.54, 1.807) is 0 Å². The normalized spacial score (nSPS) is 18.1. The van der Waals surface area contributed by atoms with Crippen LogP contribution < -0.4 is 10.5 Å². The van der Waals surface area contributed by atoms with Crippen molar-refractivity contribution in [2.24, 2.45) is 11.7 Å². The largest absolute Gasteiger partial charge is 0.491 e. The molecule has 0 radical (unpaired) electrons. The maximum absolute atomic E-state index is 11.1. The van der Waals surface area contributed by atoms with Crippen molar-refractivity contribution < 1.29 is 14.6 Å². The van der Waals surface area contributed by atoms with Crippen molar-refractivity contribution >= 4 is 5.91 Å². The summed E-state index contributed by atoms with van der Waals surface area (Å²) in [7, 11) is 0. The zero-order chi connectivity index (χ0) is 15.9. The van der Waals surface area contributed by atoms with Crippen LogP contribution in [0.2, 0.25) is 0 Å². The highest BCUT2D eigenvalue weighted by molar-refractivity contribution is 5.76. The summed E-state index contributed by atoms with van der Waals surface area (Å²) in [5.41, 5.74) is 6.55. The van der Waals surface area contributed by atoms with Crippen LogP contribution in [0.25, 0.3) is 0 Å². The third-order valence-corrected chi connectivity index (χ3v) is 4.21. The minimum Gasteiger partial charge on any atom is -0.491 e. The number of aliphatic hydroxyl groups is 1. The van der Waals surface area contributed by atoms with E-state index in [2.05, 4.69) is 17.9 Å². The molecular formula is C17H26N2O3. The molecule has 1 aliphatic rings. The minimum atomic E-state index is -0.532. The topological polar surface area (TPSA) is 75.8 Å². The summed E-state index contributed by atoms with van der Waals surface area (Å²) in [5.74, 6) is 0.576. The fourth-order valence-corrected chi connectivity index (χ4v) is 2.80. The number of aryl methyl sites for hydroxylation is 1. The maximum atomic E-state index is 11.1. The number of aliphatic hydroxyl groups excluding tert-OH is 1. The summed E-state index contributed by atoms with van der Waals surface area (Å²) in [6, 6.07) is 7.94. The fourth-order valence-electron chi connectivity index (χ4n) is 2.80. The van der Waals surface area contributed by atoms with Gasteiger partial charge in [-0.15, -0.1) is 0 Å². The first-order chi connectivity index (χ1) is 10.6. The molecule has 0 unspecified atom stereocenters. The Morgan fingerprint density at radius 1 is 1.45 bits per heavy atom. The molecule has 0 spiro atoms. The molecule has 22 heavy (non-hydrogen) atoms. The van der Waals surface area contributed by atoms with Gasteiger partial charge in [-0.1, -0.05) is 19.1 Å². The summed E-state index contributed by atoms with van der Waals surface area (Å²) < 4.78 is 5.66. The molecule has 0 aromatic heterocycles. The predicted molar refractivity (Wildman–Crippen MR) is 85.7 cm³/mol. The molecule has 1 saturated heterocycles. The van der Waals surface area contributed by atoms with Crippen LogP contribution in [0.5, 0.6) is 5.75 Å². The van der Waals surface area contributed by atoms with Crippen LogP contribution in [0, 0.1) is 5.92 Å². The maximum Gasteiger partial charge on any atom is 0.220 e. The lowest BCUT2D eigenvalue weighted by atomic mass is 9.96. The van der Waals surface area contributed by atoms with E-state index in [0.717, 1.165) is 38.1 Å². The summed E-state index contributed by atoms with van der Waals surface area (Å²) in [4.78, 5) is 13.3. The molecule has 5 heteroatoms. The number of carbonyl (C=O) groups is 1. The first-order valence-corrected chi connectivity index (χ1v) is 8.00. The van der Waals surface area contributed by atoms with Gasteiger partial charge in [0.15, 0.2) is 0 Å². The highest BCUT2D eigenvalue weighted by atomic mass is 16.5. The number of hydrogen-bond acceptors (Lipinski definition) is 4. The van der Waals surface area contributed by atoms with E-state index in [1.165, 1.54) is 5.56 Å². The number of ether oxygens (including phenoxy) is 1. The number of likely N-dealkylation sites (tertiary alicyclic amines) is 1. The Morgan fingerprint density at radius 2 is 2.18 bits per heavy atom. The summed E-state index contributed by atoms with van der Waals surface area (Å²) in [6.07, 6.45) is 1.99. The van der Waals surface area contributed by atoms with Crippen LogP contribution in [0.15, 0.2) is 24.3 Å². The molecule has 1 aromatic rings. The molecule has 1 fully saturated rings. The van der Waals surface area contributed by atoms with Gasteiger partial charge in [-0.05, 0) is 50.0 Å². The van der Waals surface area contributed by atoms with Crippen LogP contribution in [0.4, 0.5) is 0 Å². The summed E-state index contributed by atoms with van der Waals surface area (Å²) >= 11 is 0. The molecule has 1 atom stereocenters. The fraction of sp³-hybridized carbons (Fsp3) is 0.588. The average molecular weight is 306 g/mol. The number of amides is 1. The Hall–Kier alpha value is -1.59. The Kier molecular flexibility index (Phi) is 6.21. The molecule has 1 aromatic carbocycles. The average Bonchev–Trinajstić information content (AvgIpc) is 2.53. The highest BCUT2D eigenvalue weighted by Crippen LogP contribution is 2.17. The van der Waals surface area contributed by atoms with Gasteiger partial charge in [0.25, 0.3) is 0 Å².